The Kier molecular flexibility index (Phi) is 5.35. The minimum absolute atomic E-state index is 0.137. The Labute approximate surface area is 169 Å². The number of benzene rings is 2. The average Bonchev–Trinajstić information content (AvgIpc) is 2.99. The topological polar surface area (TPSA) is 44.1 Å². The van der Waals surface area contributed by atoms with Crippen LogP contribution in [0.3, 0.4) is 0 Å². The highest BCUT2D eigenvalue weighted by Crippen LogP contribution is 2.39. The quantitative estimate of drug-likeness (QED) is 0.239. The maximum absolute atomic E-state index is 14.1. The zero-order valence-electron chi connectivity index (χ0n) is 13.5. The van der Waals surface area contributed by atoms with Crippen LogP contribution in [0.2, 0.25) is 5.02 Å². The molecule has 1 atom stereocenters. The van der Waals surface area contributed by atoms with E-state index in [4.69, 9.17) is 16.3 Å². The first kappa shape index (κ1) is 19.9. The van der Waals surface area contributed by atoms with Gasteiger partial charge < -0.3 is 4.74 Å². The van der Waals surface area contributed by atoms with Crippen LogP contribution in [0.4, 0.5) is 17.6 Å². The van der Waals surface area contributed by atoms with Gasteiger partial charge in [0.05, 0.1) is 22.3 Å². The Balaban J connectivity index is 2.00. The highest BCUT2D eigenvalue weighted by atomic mass is 127. The van der Waals surface area contributed by atoms with E-state index in [0.29, 0.717) is 23.0 Å². The fourth-order valence-electron chi connectivity index (χ4n) is 2.42. The third kappa shape index (κ3) is 4.03. The fourth-order valence-corrected chi connectivity index (χ4v) is 2.94. The molecule has 1 aromatic heterocycles. The van der Waals surface area contributed by atoms with E-state index in [1.807, 2.05) is 0 Å². The van der Waals surface area contributed by atoms with Crippen molar-refractivity contribution in [3.63, 3.8) is 0 Å². The van der Waals surface area contributed by atoms with Crippen molar-refractivity contribution in [2.24, 2.45) is 0 Å². The Morgan fingerprint density at radius 1 is 1.30 bits per heavy atom. The van der Waals surface area contributed by atoms with Gasteiger partial charge in [-0.25, -0.2) is 4.39 Å². The summed E-state index contributed by atoms with van der Waals surface area (Å²) in [5, 5.41) is 4.35. The minimum Gasteiger partial charge on any atom is -0.453 e. The summed E-state index contributed by atoms with van der Waals surface area (Å²) in [5.41, 5.74) is -0.659. The number of hydrogen-bond donors (Lipinski definition) is 0. The lowest BCUT2D eigenvalue weighted by Crippen LogP contribution is -2.12. The zero-order chi connectivity index (χ0) is 19.9. The molecule has 3 rings (SSSR count). The first-order chi connectivity index (χ1) is 12.6. The van der Waals surface area contributed by atoms with E-state index < -0.39 is 34.4 Å². The summed E-state index contributed by atoms with van der Waals surface area (Å²) in [5.74, 6) is -1.62. The van der Waals surface area contributed by atoms with Gasteiger partial charge in [0.1, 0.15) is 11.8 Å². The zero-order valence-corrected chi connectivity index (χ0v) is 16.4. The molecule has 0 amide bonds. The van der Waals surface area contributed by atoms with Gasteiger partial charge in [0.2, 0.25) is 3.79 Å². The Morgan fingerprint density at radius 2 is 2.00 bits per heavy atom. The monoisotopic (exact) mass is 512 g/mol. The van der Waals surface area contributed by atoms with Crippen LogP contribution in [-0.2, 0) is 11.0 Å². The molecular formula is C17H10ClF4IN2O2. The molecule has 0 saturated heterocycles. The third-order valence-electron chi connectivity index (χ3n) is 3.81. The average molecular weight is 513 g/mol. The van der Waals surface area contributed by atoms with Crippen LogP contribution < -0.4 is 4.74 Å². The van der Waals surface area contributed by atoms with Gasteiger partial charge in [-0.1, -0.05) is 11.6 Å². The molecule has 0 fully saturated rings. The molecule has 0 aliphatic carbocycles. The highest BCUT2D eigenvalue weighted by molar-refractivity contribution is 14.1. The molecular weight excluding hydrogens is 503 g/mol. The van der Waals surface area contributed by atoms with Crippen LogP contribution in [0, 0.1) is 5.82 Å². The number of carbonyl (C=O) groups excluding carboxylic acids is 1. The van der Waals surface area contributed by atoms with Gasteiger partial charge in [0.25, 0.3) is 0 Å². The van der Waals surface area contributed by atoms with Gasteiger partial charge in [-0.15, -0.1) is 0 Å². The van der Waals surface area contributed by atoms with Crippen molar-refractivity contribution < 1.29 is 27.1 Å². The number of alkyl halides is 3. The second kappa shape index (κ2) is 7.27. The van der Waals surface area contributed by atoms with Crippen molar-refractivity contribution in [3.05, 3.63) is 52.9 Å². The van der Waals surface area contributed by atoms with E-state index in [1.54, 1.807) is 41.8 Å². The number of carbonyl (C=O) groups is 1. The second-order valence-electron chi connectivity index (χ2n) is 5.66. The van der Waals surface area contributed by atoms with Crippen LogP contribution in [0.15, 0.2) is 36.5 Å². The largest absolute Gasteiger partial charge is 0.453 e. The number of hydrogen-bond acceptors (Lipinski definition) is 3. The van der Waals surface area contributed by atoms with Gasteiger partial charge in [-0.2, -0.15) is 18.3 Å². The molecule has 0 N–H and O–H groups in total. The molecule has 4 nitrogen and oxygen atoms in total. The molecule has 27 heavy (non-hydrogen) atoms. The van der Waals surface area contributed by atoms with E-state index >= 15 is 0 Å². The van der Waals surface area contributed by atoms with Crippen molar-refractivity contribution >= 4 is 48.9 Å². The first-order valence-corrected chi connectivity index (χ1v) is 8.94. The molecule has 0 radical (unpaired) electrons. The lowest BCUT2D eigenvalue weighted by atomic mass is 10.2. The van der Waals surface area contributed by atoms with Gasteiger partial charge in [-0.05, 0) is 31.2 Å². The highest BCUT2D eigenvalue weighted by Gasteiger charge is 2.32. The molecule has 3 aromatic rings. The predicted octanol–water partition coefficient (Wildman–Crippen LogP) is 6.16. The summed E-state index contributed by atoms with van der Waals surface area (Å²) in [7, 11) is 0. The number of fused-ring (bicyclic) bond motifs is 1. The van der Waals surface area contributed by atoms with Gasteiger partial charge in [-0.3, -0.25) is 9.48 Å². The molecule has 1 heterocycles. The molecule has 0 spiro atoms. The van der Waals surface area contributed by atoms with E-state index in [-0.39, 0.29) is 9.54 Å². The Morgan fingerprint density at radius 3 is 2.59 bits per heavy atom. The number of halogens is 6. The summed E-state index contributed by atoms with van der Waals surface area (Å²) >= 11 is 7.44. The van der Waals surface area contributed by atoms with Crippen molar-refractivity contribution in [2.75, 3.05) is 0 Å². The van der Waals surface area contributed by atoms with Crippen LogP contribution in [-0.4, -0.2) is 13.6 Å². The van der Waals surface area contributed by atoms with Gasteiger partial charge in [0, 0.05) is 34.0 Å². The first-order valence-electron chi connectivity index (χ1n) is 7.48. The van der Waals surface area contributed by atoms with E-state index in [0.717, 1.165) is 0 Å². The smallest absolute Gasteiger partial charge is 0.416 e. The maximum Gasteiger partial charge on any atom is 0.416 e. The predicted molar refractivity (Wildman–Crippen MR) is 100.0 cm³/mol. The van der Waals surface area contributed by atoms with Crippen LogP contribution in [0.5, 0.6) is 11.5 Å². The number of aromatic nitrogens is 2. The summed E-state index contributed by atoms with van der Waals surface area (Å²) in [4.78, 5) is 11.6. The van der Waals surface area contributed by atoms with Crippen molar-refractivity contribution in [2.45, 2.75) is 19.1 Å². The van der Waals surface area contributed by atoms with E-state index in [2.05, 4.69) is 5.10 Å². The fraction of sp³-hybridized carbons (Fsp3) is 0.176. The van der Waals surface area contributed by atoms with E-state index in [1.165, 1.54) is 16.8 Å². The van der Waals surface area contributed by atoms with Gasteiger partial charge >= 0.3 is 6.18 Å². The summed E-state index contributed by atoms with van der Waals surface area (Å²) < 4.78 is 59.0. The normalized spacial score (nSPS) is 13.0. The second-order valence-corrected chi connectivity index (χ2v) is 7.13. The molecule has 0 saturated carbocycles. The molecule has 2 aromatic carbocycles. The molecule has 0 bridgehead atoms. The molecule has 0 aliphatic rings. The Hall–Kier alpha value is -1.88. The molecule has 0 aliphatic heterocycles. The number of rotatable bonds is 4. The maximum atomic E-state index is 14.1. The van der Waals surface area contributed by atoms with Crippen LogP contribution in [0.1, 0.15) is 18.5 Å². The number of nitrogens with zero attached hydrogens (tertiary/aromatic N) is 2. The van der Waals surface area contributed by atoms with Crippen LogP contribution >= 0.6 is 34.2 Å². The minimum atomic E-state index is -4.73. The summed E-state index contributed by atoms with van der Waals surface area (Å²) in [6.45, 7) is 1.67. The SMILES string of the molecule is CC(C(=O)I)n1ncc2ccc(Oc3c(F)cc(C(F)(F)F)cc3Cl)cc21. The summed E-state index contributed by atoms with van der Waals surface area (Å²) in [6, 6.07) is 5.02. The molecule has 10 heteroatoms. The van der Waals surface area contributed by atoms with Crippen molar-refractivity contribution in [1.82, 2.24) is 9.78 Å². The lowest BCUT2D eigenvalue weighted by Gasteiger charge is -2.13. The van der Waals surface area contributed by atoms with Crippen LogP contribution in [0.25, 0.3) is 10.9 Å². The lowest BCUT2D eigenvalue weighted by molar-refractivity contribution is -0.137. The third-order valence-corrected chi connectivity index (χ3v) is 4.99. The van der Waals surface area contributed by atoms with Crippen molar-refractivity contribution in [3.8, 4) is 11.5 Å². The van der Waals surface area contributed by atoms with Crippen molar-refractivity contribution in [1.29, 1.82) is 0 Å². The standard InChI is InChI=1S/C17H10ClF4IN2O2/c1-8(16(23)26)25-14-6-11(3-2-9(14)7-24-25)27-15-12(18)4-10(5-13(15)19)17(20,21)22/h2-8H,1H3. The van der Waals surface area contributed by atoms with E-state index in [9.17, 15) is 22.4 Å². The molecule has 142 valence electrons. The summed E-state index contributed by atoms with van der Waals surface area (Å²) in [6.07, 6.45) is -3.17. The Bertz CT molecular complexity index is 1010. The number of ether oxygens (including phenoxy) is 1. The molecule has 1 unspecified atom stereocenters. The van der Waals surface area contributed by atoms with Gasteiger partial charge in [0.15, 0.2) is 11.6 Å².